The van der Waals surface area contributed by atoms with Crippen LogP contribution in [0.4, 0.5) is 0 Å². The Hall–Kier alpha value is -0.610. The molecule has 1 saturated carbocycles. The minimum atomic E-state index is 0.0207. The Balaban J connectivity index is 1.93. The van der Waals surface area contributed by atoms with E-state index >= 15 is 0 Å². The van der Waals surface area contributed by atoms with Crippen molar-refractivity contribution >= 4 is 30.3 Å². The van der Waals surface area contributed by atoms with Gasteiger partial charge in [-0.15, -0.1) is 12.6 Å². The molecular formula is C15H21NOS2. The van der Waals surface area contributed by atoms with Crippen molar-refractivity contribution in [1.29, 1.82) is 0 Å². The van der Waals surface area contributed by atoms with E-state index in [1.807, 2.05) is 36.0 Å². The minimum Gasteiger partial charge on any atom is -0.351 e. The average molecular weight is 295 g/mol. The van der Waals surface area contributed by atoms with Gasteiger partial charge in [-0.2, -0.15) is 11.8 Å². The van der Waals surface area contributed by atoms with Crippen LogP contribution in [0.2, 0.25) is 0 Å². The van der Waals surface area contributed by atoms with Crippen LogP contribution in [0.3, 0.4) is 0 Å². The maximum atomic E-state index is 12.1. The first-order valence-corrected chi connectivity index (χ1v) is 8.45. The monoisotopic (exact) mass is 295 g/mol. The molecule has 0 saturated heterocycles. The van der Waals surface area contributed by atoms with Gasteiger partial charge in [-0.1, -0.05) is 19.3 Å². The Kier molecular flexibility index (Phi) is 5.22. The van der Waals surface area contributed by atoms with Gasteiger partial charge in [0.25, 0.3) is 5.91 Å². The molecule has 0 aliphatic heterocycles. The number of amides is 1. The molecule has 104 valence electrons. The quantitative estimate of drug-likeness (QED) is 0.828. The van der Waals surface area contributed by atoms with Crippen LogP contribution in [0.25, 0.3) is 0 Å². The predicted octanol–water partition coefficient (Wildman–Crippen LogP) is 3.77. The van der Waals surface area contributed by atoms with Gasteiger partial charge in [-0.25, -0.2) is 0 Å². The second-order valence-corrected chi connectivity index (χ2v) is 6.97. The number of hydrogen-bond acceptors (Lipinski definition) is 3. The highest BCUT2D eigenvalue weighted by Crippen LogP contribution is 2.37. The minimum absolute atomic E-state index is 0.0207. The zero-order valence-electron chi connectivity index (χ0n) is 11.3. The van der Waals surface area contributed by atoms with Crippen molar-refractivity contribution in [2.75, 3.05) is 12.8 Å². The Bertz CT molecular complexity index is 424. The third-order valence-electron chi connectivity index (χ3n) is 3.90. The summed E-state index contributed by atoms with van der Waals surface area (Å²) in [5.74, 6) is 0.0207. The topological polar surface area (TPSA) is 29.1 Å². The number of carbonyl (C=O) groups is 1. The molecule has 2 rings (SSSR count). The zero-order chi connectivity index (χ0) is 13.7. The van der Waals surface area contributed by atoms with Crippen LogP contribution in [-0.2, 0) is 0 Å². The third kappa shape index (κ3) is 3.93. The van der Waals surface area contributed by atoms with Crippen molar-refractivity contribution < 1.29 is 4.79 Å². The van der Waals surface area contributed by atoms with E-state index in [1.54, 1.807) is 0 Å². The summed E-state index contributed by atoms with van der Waals surface area (Å²) < 4.78 is 0.247. The lowest BCUT2D eigenvalue weighted by Crippen LogP contribution is -2.41. The third-order valence-corrected chi connectivity index (χ3v) is 5.62. The molecule has 1 aromatic carbocycles. The molecule has 0 radical (unpaired) electrons. The molecule has 1 N–H and O–H groups in total. The fourth-order valence-electron chi connectivity index (χ4n) is 2.61. The van der Waals surface area contributed by atoms with Crippen LogP contribution in [-0.4, -0.2) is 23.5 Å². The standard InChI is InChI=1S/C15H21NOS2/c1-19-15(9-3-2-4-10-15)11-16-14(17)12-5-7-13(18)8-6-12/h5-8,18H,2-4,9-11H2,1H3,(H,16,17). The highest BCUT2D eigenvalue weighted by atomic mass is 32.2. The van der Waals surface area contributed by atoms with Gasteiger partial charge in [0, 0.05) is 21.8 Å². The van der Waals surface area contributed by atoms with Crippen molar-refractivity contribution in [3.63, 3.8) is 0 Å². The fourth-order valence-corrected chi connectivity index (χ4v) is 3.67. The molecule has 1 aliphatic carbocycles. The summed E-state index contributed by atoms with van der Waals surface area (Å²) >= 11 is 6.13. The van der Waals surface area contributed by atoms with Gasteiger partial charge in [-0.05, 0) is 43.4 Å². The average Bonchev–Trinajstić information content (AvgIpc) is 2.46. The lowest BCUT2D eigenvalue weighted by molar-refractivity contribution is 0.0947. The molecule has 0 bridgehead atoms. The summed E-state index contributed by atoms with van der Waals surface area (Å²) in [5, 5.41) is 3.10. The maximum Gasteiger partial charge on any atom is 0.251 e. The molecule has 2 nitrogen and oxygen atoms in total. The van der Waals surface area contributed by atoms with E-state index in [-0.39, 0.29) is 10.7 Å². The van der Waals surface area contributed by atoms with Gasteiger partial charge in [0.05, 0.1) is 0 Å². The number of carbonyl (C=O) groups excluding carboxylic acids is 1. The van der Waals surface area contributed by atoms with Crippen molar-refractivity contribution in [3.8, 4) is 0 Å². The summed E-state index contributed by atoms with van der Waals surface area (Å²) in [4.78, 5) is 13.0. The molecule has 1 fully saturated rings. The SMILES string of the molecule is CSC1(CNC(=O)c2ccc(S)cc2)CCCCC1. The van der Waals surface area contributed by atoms with Crippen molar-refractivity contribution in [2.45, 2.75) is 41.7 Å². The van der Waals surface area contributed by atoms with E-state index in [2.05, 4.69) is 24.2 Å². The molecule has 1 amide bonds. The van der Waals surface area contributed by atoms with Crippen LogP contribution in [0, 0.1) is 0 Å². The molecule has 1 aromatic rings. The second kappa shape index (κ2) is 6.71. The zero-order valence-corrected chi connectivity index (χ0v) is 13.0. The van der Waals surface area contributed by atoms with Crippen LogP contribution in [0.15, 0.2) is 29.2 Å². The number of benzene rings is 1. The van der Waals surface area contributed by atoms with Gasteiger partial charge in [0.15, 0.2) is 0 Å². The van der Waals surface area contributed by atoms with Crippen LogP contribution in [0.5, 0.6) is 0 Å². The first-order chi connectivity index (χ1) is 9.15. The van der Waals surface area contributed by atoms with Crippen LogP contribution < -0.4 is 5.32 Å². The number of thiol groups is 1. The highest BCUT2D eigenvalue weighted by molar-refractivity contribution is 8.00. The lowest BCUT2D eigenvalue weighted by atomic mass is 9.88. The number of nitrogens with one attached hydrogen (secondary N) is 1. The normalized spacial score (nSPS) is 18.0. The van der Waals surface area contributed by atoms with Gasteiger partial charge in [-0.3, -0.25) is 4.79 Å². The molecule has 0 unspecified atom stereocenters. The first-order valence-electron chi connectivity index (χ1n) is 6.78. The van der Waals surface area contributed by atoms with Crippen molar-refractivity contribution in [3.05, 3.63) is 29.8 Å². The summed E-state index contributed by atoms with van der Waals surface area (Å²) in [6, 6.07) is 7.35. The van der Waals surface area contributed by atoms with Gasteiger partial charge in [0.1, 0.15) is 0 Å². The van der Waals surface area contributed by atoms with Crippen LogP contribution >= 0.6 is 24.4 Å². The first kappa shape index (κ1) is 14.8. The van der Waals surface area contributed by atoms with E-state index in [1.165, 1.54) is 32.1 Å². The summed E-state index contributed by atoms with van der Waals surface area (Å²) in [6.45, 7) is 0.773. The largest absolute Gasteiger partial charge is 0.351 e. The summed E-state index contributed by atoms with van der Waals surface area (Å²) in [7, 11) is 0. The molecule has 1 aliphatic rings. The van der Waals surface area contributed by atoms with Gasteiger partial charge in [0.2, 0.25) is 0 Å². The van der Waals surface area contributed by atoms with E-state index < -0.39 is 0 Å². The molecule has 0 atom stereocenters. The van der Waals surface area contributed by atoms with E-state index in [4.69, 9.17) is 0 Å². The van der Waals surface area contributed by atoms with E-state index in [0.29, 0.717) is 5.56 Å². The Morgan fingerprint density at radius 1 is 1.26 bits per heavy atom. The number of thioether (sulfide) groups is 1. The molecular weight excluding hydrogens is 274 g/mol. The lowest BCUT2D eigenvalue weighted by Gasteiger charge is -2.35. The Morgan fingerprint density at radius 2 is 1.89 bits per heavy atom. The molecule has 0 aromatic heterocycles. The van der Waals surface area contributed by atoms with Crippen molar-refractivity contribution in [2.24, 2.45) is 0 Å². The molecule has 19 heavy (non-hydrogen) atoms. The molecule has 0 spiro atoms. The molecule has 4 heteroatoms. The fraction of sp³-hybridized carbons (Fsp3) is 0.533. The maximum absolute atomic E-state index is 12.1. The second-order valence-electron chi connectivity index (χ2n) is 5.18. The van der Waals surface area contributed by atoms with E-state index in [0.717, 1.165) is 11.4 Å². The van der Waals surface area contributed by atoms with Gasteiger partial charge >= 0.3 is 0 Å². The smallest absolute Gasteiger partial charge is 0.251 e. The van der Waals surface area contributed by atoms with Gasteiger partial charge < -0.3 is 5.32 Å². The van der Waals surface area contributed by atoms with E-state index in [9.17, 15) is 4.79 Å². The van der Waals surface area contributed by atoms with Crippen LogP contribution in [0.1, 0.15) is 42.5 Å². The molecule has 0 heterocycles. The summed E-state index contributed by atoms with van der Waals surface area (Å²) in [5.41, 5.74) is 0.713. The Labute approximate surface area is 125 Å². The number of rotatable bonds is 4. The van der Waals surface area contributed by atoms with Crippen molar-refractivity contribution in [1.82, 2.24) is 5.32 Å². The summed E-state index contributed by atoms with van der Waals surface area (Å²) in [6.07, 6.45) is 8.48. The predicted molar refractivity (Wildman–Crippen MR) is 85.4 cm³/mol. The number of hydrogen-bond donors (Lipinski definition) is 2. The highest BCUT2D eigenvalue weighted by Gasteiger charge is 2.31. The Morgan fingerprint density at radius 3 is 2.47 bits per heavy atom.